The highest BCUT2D eigenvalue weighted by Crippen LogP contribution is 2.06. The number of amides is 1. The summed E-state index contributed by atoms with van der Waals surface area (Å²) in [7, 11) is 2.87. The molecular formula is C16H16N8O3. The van der Waals surface area contributed by atoms with Gasteiger partial charge < -0.3 is 4.57 Å². The van der Waals surface area contributed by atoms with E-state index in [1.165, 1.54) is 29.6 Å². The number of aromatic nitrogens is 4. The van der Waals surface area contributed by atoms with Gasteiger partial charge in [0.15, 0.2) is 11.2 Å². The quantitative estimate of drug-likeness (QED) is 0.476. The summed E-state index contributed by atoms with van der Waals surface area (Å²) in [6.07, 6.45) is 1.33. The standard InChI is InChI=1S/C16H16N8O3/c1-22-13-12(14(26)23(2)15(22)27)24(8-18-13)7-11(25)21-16(17)19-9-5-3-4-6-10(9)20-16/h3-6,8H,7,17H2,1-2H3,(H,21,25). The molecule has 0 saturated carbocycles. The highest BCUT2D eigenvalue weighted by atomic mass is 16.2. The molecule has 1 amide bonds. The third-order valence-electron chi connectivity index (χ3n) is 4.32. The van der Waals surface area contributed by atoms with Crippen LogP contribution in [0, 0.1) is 0 Å². The SMILES string of the molecule is Cn1c(=O)c2c(ncn2CC(=O)NC2(N)N=c3ccccc3=N2)n(C)c1=O. The van der Waals surface area contributed by atoms with Crippen molar-refractivity contribution < 1.29 is 4.79 Å². The van der Waals surface area contributed by atoms with Gasteiger partial charge in [-0.1, -0.05) is 12.1 Å². The Kier molecular flexibility index (Phi) is 3.56. The Bertz CT molecular complexity index is 1300. The number of imidazole rings is 1. The third-order valence-corrected chi connectivity index (χ3v) is 4.32. The molecule has 11 nitrogen and oxygen atoms in total. The van der Waals surface area contributed by atoms with Crippen LogP contribution >= 0.6 is 0 Å². The molecule has 0 atom stereocenters. The topological polar surface area (TPSA) is 142 Å². The van der Waals surface area contributed by atoms with Crippen LogP contribution in [0.5, 0.6) is 0 Å². The van der Waals surface area contributed by atoms with Crippen LogP contribution in [-0.4, -0.2) is 30.5 Å². The third kappa shape index (κ3) is 2.64. The lowest BCUT2D eigenvalue weighted by Gasteiger charge is -2.19. The average Bonchev–Trinajstić information content (AvgIpc) is 3.17. The molecule has 0 spiro atoms. The van der Waals surface area contributed by atoms with Gasteiger partial charge in [0.25, 0.3) is 11.5 Å². The number of aryl methyl sites for hydroxylation is 1. The summed E-state index contributed by atoms with van der Waals surface area (Å²) in [5.74, 6) is -2.11. The first-order valence-corrected chi connectivity index (χ1v) is 8.05. The zero-order valence-electron chi connectivity index (χ0n) is 14.6. The van der Waals surface area contributed by atoms with Crippen LogP contribution in [0.2, 0.25) is 0 Å². The molecule has 0 unspecified atom stereocenters. The van der Waals surface area contributed by atoms with Gasteiger partial charge in [0.05, 0.1) is 17.0 Å². The number of hydrogen-bond acceptors (Lipinski definition) is 7. The summed E-state index contributed by atoms with van der Waals surface area (Å²) in [6.45, 7) is -0.232. The van der Waals surface area contributed by atoms with Crippen molar-refractivity contribution in [1.29, 1.82) is 0 Å². The van der Waals surface area contributed by atoms with E-state index in [4.69, 9.17) is 5.73 Å². The number of carbonyl (C=O) groups is 1. The Hall–Kier alpha value is -3.60. The molecule has 4 rings (SSSR count). The molecule has 0 bridgehead atoms. The average molecular weight is 368 g/mol. The van der Waals surface area contributed by atoms with Crippen molar-refractivity contribution in [3.8, 4) is 0 Å². The molecule has 3 N–H and O–H groups in total. The van der Waals surface area contributed by atoms with E-state index in [1.807, 2.05) is 0 Å². The predicted molar refractivity (Wildman–Crippen MR) is 94.0 cm³/mol. The maximum Gasteiger partial charge on any atom is 0.332 e. The number of para-hydroxylation sites is 2. The Morgan fingerprint density at radius 3 is 2.41 bits per heavy atom. The summed E-state index contributed by atoms with van der Waals surface area (Å²) in [6, 6.07) is 7.08. The van der Waals surface area contributed by atoms with Crippen molar-refractivity contribution >= 4 is 17.1 Å². The normalized spacial score (nSPS) is 14.5. The fourth-order valence-electron chi connectivity index (χ4n) is 3.02. The van der Waals surface area contributed by atoms with Crippen molar-refractivity contribution in [2.24, 2.45) is 29.8 Å². The molecule has 11 heteroatoms. The summed E-state index contributed by atoms with van der Waals surface area (Å²) in [4.78, 5) is 49.4. The maximum atomic E-state index is 12.5. The van der Waals surface area contributed by atoms with E-state index >= 15 is 0 Å². The van der Waals surface area contributed by atoms with Crippen molar-refractivity contribution in [2.45, 2.75) is 12.5 Å². The fourth-order valence-corrected chi connectivity index (χ4v) is 3.02. The van der Waals surface area contributed by atoms with Gasteiger partial charge in [-0.2, -0.15) is 0 Å². The van der Waals surface area contributed by atoms with Gasteiger partial charge in [-0.15, -0.1) is 0 Å². The highest BCUT2D eigenvalue weighted by molar-refractivity contribution is 5.79. The summed E-state index contributed by atoms with van der Waals surface area (Å²) < 4.78 is 3.56. The minimum atomic E-state index is -1.60. The van der Waals surface area contributed by atoms with Crippen molar-refractivity contribution in [2.75, 3.05) is 0 Å². The molecular weight excluding hydrogens is 352 g/mol. The smallest absolute Gasteiger partial charge is 0.315 e. The summed E-state index contributed by atoms with van der Waals surface area (Å²) in [5.41, 5.74) is 5.35. The van der Waals surface area contributed by atoms with Gasteiger partial charge >= 0.3 is 5.69 Å². The molecule has 2 aromatic heterocycles. The van der Waals surface area contributed by atoms with E-state index in [9.17, 15) is 14.4 Å². The molecule has 27 heavy (non-hydrogen) atoms. The van der Waals surface area contributed by atoms with Crippen molar-refractivity contribution in [1.82, 2.24) is 24.0 Å². The van der Waals surface area contributed by atoms with E-state index in [-0.39, 0.29) is 17.7 Å². The van der Waals surface area contributed by atoms with Gasteiger partial charge in [0.1, 0.15) is 6.54 Å². The maximum absolute atomic E-state index is 12.5. The number of nitrogens with zero attached hydrogens (tertiary/aromatic N) is 6. The molecule has 1 aromatic carbocycles. The number of rotatable bonds is 3. The monoisotopic (exact) mass is 368 g/mol. The molecule has 0 fully saturated rings. The van der Waals surface area contributed by atoms with Crippen LogP contribution in [0.3, 0.4) is 0 Å². The van der Waals surface area contributed by atoms with Crippen LogP contribution < -0.4 is 33.0 Å². The number of nitrogens with one attached hydrogen (secondary N) is 1. The molecule has 1 aliphatic heterocycles. The van der Waals surface area contributed by atoms with Gasteiger partial charge in [-0.25, -0.2) is 19.8 Å². The zero-order valence-corrected chi connectivity index (χ0v) is 14.6. The number of nitrogens with two attached hydrogens (primary N) is 1. The first-order chi connectivity index (χ1) is 12.8. The lowest BCUT2D eigenvalue weighted by molar-refractivity contribution is -0.123. The first-order valence-electron chi connectivity index (χ1n) is 8.05. The molecule has 3 heterocycles. The number of benzene rings is 1. The second-order valence-corrected chi connectivity index (χ2v) is 6.24. The first kappa shape index (κ1) is 16.8. The lowest BCUT2D eigenvalue weighted by Crippen LogP contribution is -2.53. The van der Waals surface area contributed by atoms with Crippen LogP contribution in [0.1, 0.15) is 0 Å². The van der Waals surface area contributed by atoms with E-state index in [2.05, 4.69) is 20.3 Å². The minimum Gasteiger partial charge on any atom is -0.315 e. The Morgan fingerprint density at radius 1 is 1.15 bits per heavy atom. The largest absolute Gasteiger partial charge is 0.332 e. The Morgan fingerprint density at radius 2 is 1.78 bits per heavy atom. The summed E-state index contributed by atoms with van der Waals surface area (Å²) in [5, 5.41) is 3.71. The molecule has 3 aromatic rings. The molecule has 0 aliphatic carbocycles. The van der Waals surface area contributed by atoms with E-state index < -0.39 is 23.1 Å². The van der Waals surface area contributed by atoms with E-state index in [1.54, 1.807) is 24.3 Å². The van der Waals surface area contributed by atoms with Gasteiger partial charge in [0, 0.05) is 14.1 Å². The fraction of sp³-hybridized carbons (Fsp3) is 0.250. The second-order valence-electron chi connectivity index (χ2n) is 6.24. The van der Waals surface area contributed by atoms with Crippen molar-refractivity contribution in [3.63, 3.8) is 0 Å². The lowest BCUT2D eigenvalue weighted by atomic mass is 10.3. The van der Waals surface area contributed by atoms with Crippen LogP contribution in [0.15, 0.2) is 50.2 Å². The molecule has 0 radical (unpaired) electrons. The zero-order chi connectivity index (χ0) is 19.3. The molecule has 1 aliphatic rings. The van der Waals surface area contributed by atoms with Gasteiger partial charge in [-0.05, 0) is 12.1 Å². The molecule has 138 valence electrons. The van der Waals surface area contributed by atoms with Gasteiger partial charge in [0.2, 0.25) is 5.91 Å². The summed E-state index contributed by atoms with van der Waals surface area (Å²) >= 11 is 0. The Labute approximate surface area is 151 Å². The highest BCUT2D eigenvalue weighted by Gasteiger charge is 2.28. The number of hydrogen-bond donors (Lipinski definition) is 2. The second kappa shape index (κ2) is 5.71. The van der Waals surface area contributed by atoms with Crippen molar-refractivity contribution in [3.05, 3.63) is 62.1 Å². The predicted octanol–water partition coefficient (Wildman–Crippen LogP) is -2.93. The molecule has 0 saturated heterocycles. The van der Waals surface area contributed by atoms with E-state index in [0.717, 1.165) is 4.57 Å². The van der Waals surface area contributed by atoms with E-state index in [0.29, 0.717) is 10.7 Å². The van der Waals surface area contributed by atoms with Gasteiger partial charge in [-0.3, -0.25) is 29.8 Å². The number of carbonyl (C=O) groups excluding carboxylic acids is 1. The van der Waals surface area contributed by atoms with Crippen LogP contribution in [-0.2, 0) is 25.4 Å². The van der Waals surface area contributed by atoms with Crippen LogP contribution in [0.4, 0.5) is 0 Å². The van der Waals surface area contributed by atoms with Crippen LogP contribution in [0.25, 0.3) is 11.2 Å². The number of fused-ring (bicyclic) bond motifs is 2. The minimum absolute atomic E-state index is 0.143. The Balaban J connectivity index is 1.66.